The van der Waals surface area contributed by atoms with Gasteiger partial charge in [-0.3, -0.25) is 4.98 Å². The van der Waals surface area contributed by atoms with Crippen molar-refractivity contribution in [1.29, 1.82) is 5.26 Å². The second kappa shape index (κ2) is 7.96. The minimum absolute atomic E-state index is 0.250. The third kappa shape index (κ3) is 3.70. The van der Waals surface area contributed by atoms with Crippen molar-refractivity contribution in [2.75, 3.05) is 23.3 Å². The molecule has 5 heterocycles. The van der Waals surface area contributed by atoms with Gasteiger partial charge in [-0.05, 0) is 51.0 Å². The van der Waals surface area contributed by atoms with Gasteiger partial charge in [-0.15, -0.1) is 10.2 Å². The Hall–Kier alpha value is -3.51. The molecule has 0 atom stereocenters. The van der Waals surface area contributed by atoms with Crippen LogP contribution in [0, 0.1) is 11.3 Å². The summed E-state index contributed by atoms with van der Waals surface area (Å²) >= 11 is 1.61. The van der Waals surface area contributed by atoms with Gasteiger partial charge in [0.15, 0.2) is 5.01 Å². The summed E-state index contributed by atoms with van der Waals surface area (Å²) in [5, 5.41) is 27.8. The molecule has 1 saturated heterocycles. The zero-order valence-corrected chi connectivity index (χ0v) is 18.2. The quantitative estimate of drug-likeness (QED) is 0.507. The molecule has 0 bridgehead atoms. The molecule has 0 aliphatic carbocycles. The van der Waals surface area contributed by atoms with Gasteiger partial charge in [-0.1, -0.05) is 11.3 Å². The van der Waals surface area contributed by atoms with Crippen molar-refractivity contribution < 1.29 is 0 Å². The second-order valence-corrected chi connectivity index (χ2v) is 8.87. The normalized spacial score (nSPS) is 13.8. The molecule has 0 radical (unpaired) electrons. The van der Waals surface area contributed by atoms with Crippen molar-refractivity contribution in [1.82, 2.24) is 24.8 Å². The topological polar surface area (TPSA) is 95.0 Å². The number of aromatic nitrogens is 5. The van der Waals surface area contributed by atoms with E-state index in [0.717, 1.165) is 51.4 Å². The molecule has 9 heteroatoms. The standard InChI is InChI=1S/C22H22N8S/c1-14(2)26-18-10-19(20-6-5-16-9-15(11-23)12-25-30(16)20)24-13-17(18)21-27-28-22(31-21)29-7-3-4-8-29/h5-6,9-10,12-14H,3-4,7-8H2,1-2H3,(H,24,26). The van der Waals surface area contributed by atoms with Gasteiger partial charge >= 0.3 is 0 Å². The number of nitriles is 1. The molecule has 0 spiro atoms. The van der Waals surface area contributed by atoms with Crippen LogP contribution in [-0.2, 0) is 0 Å². The Morgan fingerprint density at radius 1 is 1.13 bits per heavy atom. The first-order valence-electron chi connectivity index (χ1n) is 10.4. The lowest BCUT2D eigenvalue weighted by Crippen LogP contribution is -2.17. The van der Waals surface area contributed by atoms with E-state index in [2.05, 4.69) is 45.4 Å². The summed E-state index contributed by atoms with van der Waals surface area (Å²) in [7, 11) is 0. The fraction of sp³-hybridized carbons (Fsp3) is 0.318. The second-order valence-electron chi connectivity index (χ2n) is 7.91. The number of nitrogens with one attached hydrogen (secondary N) is 1. The molecular formula is C22H22N8S. The highest BCUT2D eigenvalue weighted by molar-refractivity contribution is 7.18. The van der Waals surface area contributed by atoms with Crippen LogP contribution in [0.3, 0.4) is 0 Å². The Morgan fingerprint density at radius 2 is 1.97 bits per heavy atom. The summed E-state index contributed by atoms with van der Waals surface area (Å²) in [6, 6.07) is 10.2. The number of pyridine rings is 1. The average Bonchev–Trinajstić information content (AvgIpc) is 3.52. The molecule has 0 amide bonds. The lowest BCUT2D eigenvalue weighted by Gasteiger charge is -2.15. The first-order chi connectivity index (χ1) is 15.1. The summed E-state index contributed by atoms with van der Waals surface area (Å²) < 4.78 is 1.80. The third-order valence-corrected chi connectivity index (χ3v) is 6.28. The predicted molar refractivity (Wildman–Crippen MR) is 122 cm³/mol. The highest BCUT2D eigenvalue weighted by atomic mass is 32.1. The summed E-state index contributed by atoms with van der Waals surface area (Å²) in [5.41, 5.74) is 4.97. The zero-order chi connectivity index (χ0) is 21.4. The molecule has 156 valence electrons. The van der Waals surface area contributed by atoms with Crippen LogP contribution < -0.4 is 10.2 Å². The molecule has 8 nitrogen and oxygen atoms in total. The van der Waals surface area contributed by atoms with Crippen LogP contribution in [0.5, 0.6) is 0 Å². The van der Waals surface area contributed by atoms with Crippen LogP contribution in [0.4, 0.5) is 10.8 Å². The van der Waals surface area contributed by atoms with E-state index < -0.39 is 0 Å². The van der Waals surface area contributed by atoms with E-state index in [0.29, 0.717) is 5.56 Å². The molecule has 0 unspecified atom stereocenters. The molecule has 31 heavy (non-hydrogen) atoms. The van der Waals surface area contributed by atoms with E-state index in [9.17, 15) is 0 Å². The first kappa shape index (κ1) is 19.5. The molecule has 1 aliphatic rings. The molecule has 4 aromatic heterocycles. The van der Waals surface area contributed by atoms with Crippen LogP contribution in [0.1, 0.15) is 32.3 Å². The Bertz CT molecular complexity index is 1280. The van der Waals surface area contributed by atoms with Crippen molar-refractivity contribution in [3.63, 3.8) is 0 Å². The van der Waals surface area contributed by atoms with E-state index in [4.69, 9.17) is 10.2 Å². The summed E-state index contributed by atoms with van der Waals surface area (Å²) in [6.07, 6.45) is 5.84. The van der Waals surface area contributed by atoms with E-state index in [1.165, 1.54) is 12.8 Å². The van der Waals surface area contributed by atoms with Crippen molar-refractivity contribution >= 4 is 27.7 Å². The van der Waals surface area contributed by atoms with Crippen LogP contribution >= 0.6 is 11.3 Å². The van der Waals surface area contributed by atoms with Gasteiger partial charge in [0, 0.05) is 31.0 Å². The Morgan fingerprint density at radius 3 is 2.74 bits per heavy atom. The lowest BCUT2D eigenvalue weighted by atomic mass is 10.1. The smallest absolute Gasteiger partial charge is 0.208 e. The van der Waals surface area contributed by atoms with E-state index in [1.807, 2.05) is 30.5 Å². The fourth-order valence-electron chi connectivity index (χ4n) is 3.81. The van der Waals surface area contributed by atoms with Gasteiger partial charge in [0.2, 0.25) is 5.13 Å². The maximum atomic E-state index is 9.12. The number of anilines is 2. The molecule has 1 fully saturated rings. The van der Waals surface area contributed by atoms with Crippen molar-refractivity contribution in [3.05, 3.63) is 42.2 Å². The molecule has 0 saturated carbocycles. The lowest BCUT2D eigenvalue weighted by molar-refractivity contribution is 0.898. The molecule has 5 rings (SSSR count). The van der Waals surface area contributed by atoms with Crippen LogP contribution in [-0.4, -0.2) is 43.9 Å². The van der Waals surface area contributed by atoms with Crippen LogP contribution in [0.15, 0.2) is 36.7 Å². The number of fused-ring (bicyclic) bond motifs is 1. The minimum atomic E-state index is 0.250. The van der Waals surface area contributed by atoms with Crippen LogP contribution in [0.2, 0.25) is 0 Å². The van der Waals surface area contributed by atoms with Crippen molar-refractivity contribution in [2.45, 2.75) is 32.7 Å². The maximum Gasteiger partial charge on any atom is 0.208 e. The number of hydrogen-bond acceptors (Lipinski definition) is 8. The van der Waals surface area contributed by atoms with Gasteiger partial charge in [-0.2, -0.15) is 10.4 Å². The summed E-state index contributed by atoms with van der Waals surface area (Å²) in [5.74, 6) is 0. The van der Waals surface area contributed by atoms with Gasteiger partial charge in [0.05, 0.1) is 34.2 Å². The fourth-order valence-corrected chi connectivity index (χ4v) is 4.73. The Balaban J connectivity index is 1.55. The minimum Gasteiger partial charge on any atom is -0.382 e. The predicted octanol–water partition coefficient (Wildman–Crippen LogP) is 4.21. The summed E-state index contributed by atoms with van der Waals surface area (Å²) in [6.45, 7) is 6.31. The van der Waals surface area contributed by atoms with Crippen LogP contribution in [0.25, 0.3) is 27.5 Å². The SMILES string of the molecule is CC(C)Nc1cc(-c2ccc3cc(C#N)cnn23)ncc1-c1nnc(N2CCCC2)s1. The van der Waals surface area contributed by atoms with Crippen molar-refractivity contribution in [2.24, 2.45) is 0 Å². The number of rotatable bonds is 5. The number of nitrogens with zero attached hydrogens (tertiary/aromatic N) is 7. The summed E-state index contributed by atoms with van der Waals surface area (Å²) in [4.78, 5) is 7.02. The highest BCUT2D eigenvalue weighted by Crippen LogP contribution is 2.36. The molecule has 0 aromatic carbocycles. The van der Waals surface area contributed by atoms with E-state index in [1.54, 1.807) is 22.0 Å². The Labute approximate surface area is 184 Å². The van der Waals surface area contributed by atoms with Gasteiger partial charge in [0.1, 0.15) is 6.07 Å². The van der Waals surface area contributed by atoms with E-state index in [-0.39, 0.29) is 6.04 Å². The molecule has 1 aliphatic heterocycles. The van der Waals surface area contributed by atoms with Gasteiger partial charge in [0.25, 0.3) is 0 Å². The molecule has 1 N–H and O–H groups in total. The largest absolute Gasteiger partial charge is 0.382 e. The van der Waals surface area contributed by atoms with Crippen molar-refractivity contribution in [3.8, 4) is 28.0 Å². The molecular weight excluding hydrogens is 408 g/mol. The Kier molecular flexibility index (Phi) is 5.00. The highest BCUT2D eigenvalue weighted by Gasteiger charge is 2.20. The zero-order valence-electron chi connectivity index (χ0n) is 17.4. The first-order valence-corrected chi connectivity index (χ1v) is 11.2. The van der Waals surface area contributed by atoms with E-state index >= 15 is 0 Å². The van der Waals surface area contributed by atoms with Gasteiger partial charge in [-0.25, -0.2) is 4.52 Å². The average molecular weight is 431 g/mol. The number of hydrogen-bond donors (Lipinski definition) is 1. The van der Waals surface area contributed by atoms with Gasteiger partial charge < -0.3 is 10.2 Å². The molecule has 4 aromatic rings. The maximum absolute atomic E-state index is 9.12. The monoisotopic (exact) mass is 430 g/mol. The third-order valence-electron chi connectivity index (χ3n) is 5.26.